The van der Waals surface area contributed by atoms with Crippen LogP contribution in [0.1, 0.15) is 32.6 Å². The quantitative estimate of drug-likeness (QED) is 0.317. The van der Waals surface area contributed by atoms with Gasteiger partial charge in [-0.25, -0.2) is 9.36 Å². The van der Waals surface area contributed by atoms with Crippen molar-refractivity contribution in [2.45, 2.75) is 56.1 Å². The normalized spacial score (nSPS) is 22.8. The second-order valence-electron chi connectivity index (χ2n) is 8.03. The molecule has 3 rings (SSSR count). The zero-order valence-corrected chi connectivity index (χ0v) is 20.8. The van der Waals surface area contributed by atoms with Crippen LogP contribution in [0.3, 0.4) is 0 Å². The molecule has 0 saturated carbocycles. The molecule has 5 atom stereocenters. The Balaban J connectivity index is 1.70. The van der Waals surface area contributed by atoms with E-state index in [-0.39, 0.29) is 30.2 Å². The molecule has 3 unspecified atom stereocenters. The van der Waals surface area contributed by atoms with Crippen LogP contribution in [0, 0.1) is 0 Å². The van der Waals surface area contributed by atoms with E-state index in [0.29, 0.717) is 5.75 Å². The van der Waals surface area contributed by atoms with E-state index in [1.54, 1.807) is 44.2 Å². The molecule has 11 nitrogen and oxygen atoms in total. The van der Waals surface area contributed by atoms with Gasteiger partial charge in [0, 0.05) is 11.4 Å². The Bertz CT molecular complexity index is 1080. The highest BCUT2D eigenvalue weighted by molar-refractivity contribution is 8.00. The largest absolute Gasteiger partial charge is 0.462 e. The van der Waals surface area contributed by atoms with Gasteiger partial charge < -0.3 is 20.1 Å². The summed E-state index contributed by atoms with van der Waals surface area (Å²) >= 11 is 1.28. The van der Waals surface area contributed by atoms with Gasteiger partial charge in [0.05, 0.1) is 18.8 Å². The SMILES string of the molecule is CC(C)OC(=O)[C@H](C)NP(=O)(OC[C@@H]1CC(O)C(n2ccc(N)nc2=O)S1)Oc1ccccc1. The van der Waals surface area contributed by atoms with E-state index in [9.17, 15) is 19.3 Å². The first-order valence-corrected chi connectivity index (χ1v) is 13.2. The maximum absolute atomic E-state index is 13.6. The highest BCUT2D eigenvalue weighted by atomic mass is 32.2. The van der Waals surface area contributed by atoms with Crippen molar-refractivity contribution >= 4 is 31.3 Å². The summed E-state index contributed by atoms with van der Waals surface area (Å²) in [4.78, 5) is 28.1. The smallest absolute Gasteiger partial charge is 0.459 e. The number of rotatable bonds is 10. The molecule has 13 heteroatoms. The van der Waals surface area contributed by atoms with Crippen molar-refractivity contribution in [2.24, 2.45) is 0 Å². The fourth-order valence-corrected chi connectivity index (χ4v) is 6.29. The van der Waals surface area contributed by atoms with Gasteiger partial charge in [0.2, 0.25) is 0 Å². The van der Waals surface area contributed by atoms with E-state index in [2.05, 4.69) is 10.1 Å². The number of hydrogen-bond donors (Lipinski definition) is 3. The number of benzene rings is 1. The molecule has 0 spiro atoms. The minimum atomic E-state index is -4.02. The number of nitrogens with one attached hydrogen (secondary N) is 1. The lowest BCUT2D eigenvalue weighted by molar-refractivity contribution is -0.149. The van der Waals surface area contributed by atoms with Crippen LogP contribution >= 0.6 is 19.5 Å². The first kappa shape index (κ1) is 26.2. The van der Waals surface area contributed by atoms with Crippen molar-refractivity contribution in [3.05, 3.63) is 53.1 Å². The Morgan fingerprint density at radius 3 is 2.68 bits per heavy atom. The number of nitrogen functional groups attached to an aromatic ring is 1. The highest BCUT2D eigenvalue weighted by Crippen LogP contribution is 2.48. The number of carbonyl (C=O) groups excluding carboxylic acids is 1. The van der Waals surface area contributed by atoms with Gasteiger partial charge in [-0.05, 0) is 45.4 Å². The average Bonchev–Trinajstić information content (AvgIpc) is 3.13. The van der Waals surface area contributed by atoms with Gasteiger partial charge in [-0.2, -0.15) is 10.1 Å². The number of carbonyl (C=O) groups is 1. The zero-order chi connectivity index (χ0) is 24.9. The summed E-state index contributed by atoms with van der Waals surface area (Å²) < 4.78 is 31.3. The Labute approximate surface area is 201 Å². The molecule has 0 radical (unpaired) electrons. The molecule has 0 aliphatic carbocycles. The fraction of sp³-hybridized carbons (Fsp3) is 0.476. The molecule has 1 saturated heterocycles. The molecular weight excluding hydrogens is 483 g/mol. The van der Waals surface area contributed by atoms with Gasteiger partial charge in [0.15, 0.2) is 0 Å². The number of thioether (sulfide) groups is 1. The fourth-order valence-electron chi connectivity index (χ4n) is 3.22. The van der Waals surface area contributed by atoms with Crippen LogP contribution in [0.4, 0.5) is 5.82 Å². The lowest BCUT2D eigenvalue weighted by atomic mass is 10.2. The topological polar surface area (TPSA) is 155 Å². The van der Waals surface area contributed by atoms with Crippen molar-refractivity contribution in [1.29, 1.82) is 0 Å². The molecule has 1 fully saturated rings. The molecule has 1 aromatic heterocycles. The number of aromatic nitrogens is 2. The number of ether oxygens (including phenoxy) is 1. The number of nitrogens with zero attached hydrogens (tertiary/aromatic N) is 2. The Morgan fingerprint density at radius 1 is 1.32 bits per heavy atom. The van der Waals surface area contributed by atoms with E-state index in [4.69, 9.17) is 19.5 Å². The van der Waals surface area contributed by atoms with E-state index >= 15 is 0 Å². The molecule has 0 bridgehead atoms. The predicted molar refractivity (Wildman–Crippen MR) is 128 cm³/mol. The molecule has 186 valence electrons. The van der Waals surface area contributed by atoms with E-state index in [1.165, 1.54) is 35.5 Å². The third-order valence-electron chi connectivity index (χ3n) is 4.75. The lowest BCUT2D eigenvalue weighted by Gasteiger charge is -2.24. The number of aliphatic hydroxyl groups is 1. The third-order valence-corrected chi connectivity index (χ3v) is 7.92. The molecule has 0 amide bonds. The van der Waals surface area contributed by atoms with Gasteiger partial charge in [0.25, 0.3) is 0 Å². The summed E-state index contributed by atoms with van der Waals surface area (Å²) in [6, 6.07) is 8.93. The van der Waals surface area contributed by atoms with Crippen LogP contribution in [-0.4, -0.2) is 50.7 Å². The number of nitrogens with two attached hydrogens (primary N) is 1. The molecule has 34 heavy (non-hydrogen) atoms. The van der Waals surface area contributed by atoms with Crippen LogP contribution in [-0.2, 0) is 18.6 Å². The monoisotopic (exact) mass is 512 g/mol. The maximum atomic E-state index is 13.6. The number of anilines is 1. The summed E-state index contributed by atoms with van der Waals surface area (Å²) in [6.07, 6.45) is 0.556. The predicted octanol–water partition coefficient (Wildman–Crippen LogP) is 2.32. The summed E-state index contributed by atoms with van der Waals surface area (Å²) in [7, 11) is -4.02. The highest BCUT2D eigenvalue weighted by Gasteiger charge is 2.39. The van der Waals surface area contributed by atoms with Crippen LogP contribution in [0.25, 0.3) is 0 Å². The lowest BCUT2D eigenvalue weighted by Crippen LogP contribution is -2.36. The minimum Gasteiger partial charge on any atom is -0.462 e. The van der Waals surface area contributed by atoms with E-state index < -0.39 is 36.9 Å². The van der Waals surface area contributed by atoms with Crippen molar-refractivity contribution in [1.82, 2.24) is 14.6 Å². The Kier molecular flexibility index (Phi) is 8.78. The van der Waals surface area contributed by atoms with Crippen LogP contribution in [0.15, 0.2) is 47.4 Å². The maximum Gasteiger partial charge on any atom is 0.459 e. The van der Waals surface area contributed by atoms with Crippen LogP contribution in [0.2, 0.25) is 0 Å². The molecule has 1 aliphatic rings. The van der Waals surface area contributed by atoms with Crippen molar-refractivity contribution in [3.8, 4) is 5.75 Å². The van der Waals surface area contributed by atoms with Gasteiger partial charge >= 0.3 is 19.4 Å². The zero-order valence-electron chi connectivity index (χ0n) is 19.1. The van der Waals surface area contributed by atoms with Gasteiger partial charge in [-0.1, -0.05) is 18.2 Å². The molecule has 1 aromatic carbocycles. The van der Waals surface area contributed by atoms with Crippen molar-refractivity contribution in [2.75, 3.05) is 12.3 Å². The third kappa shape index (κ3) is 7.07. The number of esters is 1. The summed E-state index contributed by atoms with van der Waals surface area (Å²) in [5.74, 6) is -0.218. The molecule has 1 aliphatic heterocycles. The first-order chi connectivity index (χ1) is 16.1. The molecular formula is C21H29N4O7PS. The van der Waals surface area contributed by atoms with Gasteiger partial charge in [-0.3, -0.25) is 13.9 Å². The number of para-hydroxylation sites is 1. The average molecular weight is 513 g/mol. The number of aliphatic hydroxyl groups excluding tert-OH is 1. The second kappa shape index (κ2) is 11.4. The Hall–Kier alpha value is -2.37. The van der Waals surface area contributed by atoms with Crippen molar-refractivity contribution in [3.63, 3.8) is 0 Å². The summed E-state index contributed by atoms with van der Waals surface area (Å²) in [5, 5.41) is 12.2. The van der Waals surface area contributed by atoms with Crippen LogP contribution in [0.5, 0.6) is 5.75 Å². The van der Waals surface area contributed by atoms with Gasteiger partial charge in [0.1, 0.15) is 23.0 Å². The standard InChI is InChI=1S/C21H29N4O7PS/c1-13(2)31-20(27)14(3)24-33(29,32-15-7-5-4-6-8-15)30-12-16-11-17(26)19(34-16)25-10-9-18(22)23-21(25)28/h4-10,13-14,16-17,19,26H,11-12H2,1-3H3,(H,24,29)(H2,22,23,28)/t14-,16-,17?,19?,33?/m0/s1. The first-order valence-electron chi connectivity index (χ1n) is 10.7. The van der Waals surface area contributed by atoms with E-state index in [0.717, 1.165) is 0 Å². The van der Waals surface area contributed by atoms with E-state index in [1.807, 2.05) is 0 Å². The molecule has 4 N–H and O–H groups in total. The summed E-state index contributed by atoms with van der Waals surface area (Å²) in [5.41, 5.74) is 4.96. The van der Waals surface area contributed by atoms with Gasteiger partial charge in [-0.15, -0.1) is 11.8 Å². The van der Waals surface area contributed by atoms with Crippen molar-refractivity contribution < 1.29 is 28.3 Å². The number of hydrogen-bond acceptors (Lipinski definition) is 10. The molecule has 2 heterocycles. The van der Waals surface area contributed by atoms with Crippen LogP contribution < -0.4 is 21.0 Å². The Morgan fingerprint density at radius 2 is 2.03 bits per heavy atom. The second-order valence-corrected chi connectivity index (χ2v) is 11.1. The minimum absolute atomic E-state index is 0.0710. The summed E-state index contributed by atoms with van der Waals surface area (Å²) in [6.45, 7) is 4.85. The molecule has 2 aromatic rings.